The van der Waals surface area contributed by atoms with E-state index in [0.717, 1.165) is 22.6 Å². The molecule has 0 spiro atoms. The summed E-state index contributed by atoms with van der Waals surface area (Å²) in [7, 11) is 0. The molecule has 3 rings (SSSR count). The lowest BCUT2D eigenvalue weighted by molar-refractivity contribution is 0.628. The van der Waals surface area contributed by atoms with E-state index in [1.165, 1.54) is 12.1 Å². The molecule has 0 saturated carbocycles. The molecule has 1 nitrogen and oxygen atoms in total. The van der Waals surface area contributed by atoms with Crippen LogP contribution in [0.4, 0.5) is 21.5 Å². The molecule has 0 fully saturated rings. The third-order valence-electron chi connectivity index (χ3n) is 3.49. The molecule has 22 heavy (non-hydrogen) atoms. The van der Waals surface area contributed by atoms with Crippen LogP contribution in [0.3, 0.4) is 0 Å². The summed E-state index contributed by atoms with van der Waals surface area (Å²) in [4.78, 5) is 2.09. The van der Waals surface area contributed by atoms with E-state index in [0.29, 0.717) is 0 Å². The van der Waals surface area contributed by atoms with E-state index in [9.17, 15) is 4.39 Å². The lowest BCUT2D eigenvalue weighted by Crippen LogP contribution is -2.09. The summed E-state index contributed by atoms with van der Waals surface area (Å²) in [5.74, 6) is -0.237. The monoisotopic (exact) mass is 289 g/mol. The third kappa shape index (κ3) is 2.91. The van der Waals surface area contributed by atoms with Gasteiger partial charge in [-0.25, -0.2) is 4.39 Å². The zero-order valence-electron chi connectivity index (χ0n) is 12.1. The van der Waals surface area contributed by atoms with E-state index in [-0.39, 0.29) is 5.82 Å². The molecule has 0 bridgehead atoms. The lowest BCUT2D eigenvalue weighted by atomic mass is 10.1. The van der Waals surface area contributed by atoms with Crippen molar-refractivity contribution in [1.82, 2.24) is 0 Å². The second-order valence-electron chi connectivity index (χ2n) is 4.94. The van der Waals surface area contributed by atoms with Crippen molar-refractivity contribution < 1.29 is 4.39 Å². The van der Waals surface area contributed by atoms with Crippen molar-refractivity contribution in [3.8, 4) is 0 Å². The van der Waals surface area contributed by atoms with Gasteiger partial charge in [-0.3, -0.25) is 0 Å². The van der Waals surface area contributed by atoms with Crippen LogP contribution in [-0.4, -0.2) is 0 Å². The summed E-state index contributed by atoms with van der Waals surface area (Å²) >= 11 is 0. The highest BCUT2D eigenvalue weighted by atomic mass is 19.1. The average Bonchev–Trinajstić information content (AvgIpc) is 2.58. The summed E-state index contributed by atoms with van der Waals surface area (Å²) in [5, 5.41) is 0. The van der Waals surface area contributed by atoms with Crippen LogP contribution >= 0.6 is 0 Å². The van der Waals surface area contributed by atoms with E-state index in [1.54, 1.807) is 12.1 Å². The third-order valence-corrected chi connectivity index (χ3v) is 3.49. The van der Waals surface area contributed by atoms with Crippen LogP contribution in [0.25, 0.3) is 6.08 Å². The molecule has 0 heterocycles. The average molecular weight is 289 g/mol. The van der Waals surface area contributed by atoms with Crippen molar-refractivity contribution in [3.63, 3.8) is 0 Å². The minimum absolute atomic E-state index is 0.237. The van der Waals surface area contributed by atoms with Gasteiger partial charge in [0.05, 0.1) is 0 Å². The van der Waals surface area contributed by atoms with Gasteiger partial charge in [0, 0.05) is 17.1 Å². The first-order chi connectivity index (χ1) is 10.8. The number of nitrogens with zero attached hydrogens (tertiary/aromatic N) is 1. The highest BCUT2D eigenvalue weighted by molar-refractivity contribution is 5.76. The zero-order valence-corrected chi connectivity index (χ0v) is 12.1. The standard InChI is InChI=1S/C20H16FN/c1-2-16-8-12-19(13-9-16)22(18-6-4-3-5-7-18)20-14-10-17(21)11-15-20/h2-15H,1H2. The number of halogens is 1. The Morgan fingerprint density at radius 2 is 1.18 bits per heavy atom. The fourth-order valence-corrected chi connectivity index (χ4v) is 2.37. The summed E-state index contributed by atoms with van der Waals surface area (Å²) in [6, 6.07) is 24.6. The van der Waals surface area contributed by atoms with E-state index in [1.807, 2.05) is 60.7 Å². The van der Waals surface area contributed by atoms with Crippen molar-refractivity contribution in [1.29, 1.82) is 0 Å². The molecule has 0 N–H and O–H groups in total. The minimum atomic E-state index is -0.237. The van der Waals surface area contributed by atoms with E-state index in [4.69, 9.17) is 0 Å². The van der Waals surface area contributed by atoms with Crippen molar-refractivity contribution in [2.75, 3.05) is 4.90 Å². The predicted molar refractivity (Wildman–Crippen MR) is 91.2 cm³/mol. The topological polar surface area (TPSA) is 3.24 Å². The van der Waals surface area contributed by atoms with Crippen molar-refractivity contribution in [2.24, 2.45) is 0 Å². The summed E-state index contributed by atoms with van der Waals surface area (Å²) in [5.41, 5.74) is 4.03. The van der Waals surface area contributed by atoms with Crippen LogP contribution in [-0.2, 0) is 0 Å². The molecule has 0 aromatic heterocycles. The largest absolute Gasteiger partial charge is 0.311 e. The van der Waals surface area contributed by atoms with Crippen LogP contribution in [0.1, 0.15) is 5.56 Å². The van der Waals surface area contributed by atoms with Gasteiger partial charge < -0.3 is 4.90 Å². The Hall–Kier alpha value is -2.87. The highest BCUT2D eigenvalue weighted by Crippen LogP contribution is 2.34. The molecule has 2 heteroatoms. The van der Waals surface area contributed by atoms with Crippen LogP contribution in [0.15, 0.2) is 85.4 Å². The predicted octanol–water partition coefficient (Wildman–Crippen LogP) is 5.94. The number of para-hydroxylation sites is 1. The van der Waals surface area contributed by atoms with Gasteiger partial charge >= 0.3 is 0 Å². The van der Waals surface area contributed by atoms with Gasteiger partial charge in [-0.2, -0.15) is 0 Å². The maximum absolute atomic E-state index is 13.2. The van der Waals surface area contributed by atoms with Crippen molar-refractivity contribution in [3.05, 3.63) is 96.8 Å². The number of hydrogen-bond acceptors (Lipinski definition) is 1. The molecule has 0 aliphatic heterocycles. The second kappa shape index (κ2) is 6.27. The van der Waals surface area contributed by atoms with Crippen LogP contribution in [0, 0.1) is 5.82 Å². The van der Waals surface area contributed by atoms with Crippen molar-refractivity contribution >= 4 is 23.1 Å². The number of hydrogen-bond donors (Lipinski definition) is 0. The normalized spacial score (nSPS) is 10.2. The van der Waals surface area contributed by atoms with Crippen LogP contribution in [0.2, 0.25) is 0 Å². The molecule has 108 valence electrons. The van der Waals surface area contributed by atoms with E-state index >= 15 is 0 Å². The first-order valence-corrected chi connectivity index (χ1v) is 7.11. The van der Waals surface area contributed by atoms with E-state index in [2.05, 4.69) is 11.5 Å². The molecule has 0 atom stereocenters. The lowest BCUT2D eigenvalue weighted by Gasteiger charge is -2.25. The highest BCUT2D eigenvalue weighted by Gasteiger charge is 2.11. The van der Waals surface area contributed by atoms with Gasteiger partial charge in [-0.1, -0.05) is 43.0 Å². The Bertz CT molecular complexity index is 746. The fraction of sp³-hybridized carbons (Fsp3) is 0. The van der Waals surface area contributed by atoms with Gasteiger partial charge in [0.2, 0.25) is 0 Å². The molecule has 0 aliphatic rings. The van der Waals surface area contributed by atoms with Gasteiger partial charge in [-0.15, -0.1) is 0 Å². The molecular weight excluding hydrogens is 273 g/mol. The SMILES string of the molecule is C=Cc1ccc(N(c2ccccc2)c2ccc(F)cc2)cc1. The van der Waals surface area contributed by atoms with Crippen LogP contribution < -0.4 is 4.90 Å². The van der Waals surface area contributed by atoms with Crippen LogP contribution in [0.5, 0.6) is 0 Å². The number of anilines is 3. The Morgan fingerprint density at radius 3 is 1.73 bits per heavy atom. The quantitative estimate of drug-likeness (QED) is 0.574. The summed E-state index contributed by atoms with van der Waals surface area (Å²) in [6.07, 6.45) is 1.81. The first-order valence-electron chi connectivity index (χ1n) is 7.11. The summed E-state index contributed by atoms with van der Waals surface area (Å²) < 4.78 is 13.2. The van der Waals surface area contributed by atoms with Gasteiger partial charge in [0.25, 0.3) is 0 Å². The van der Waals surface area contributed by atoms with Crippen molar-refractivity contribution in [2.45, 2.75) is 0 Å². The molecule has 3 aromatic rings. The maximum Gasteiger partial charge on any atom is 0.123 e. The maximum atomic E-state index is 13.2. The zero-order chi connectivity index (χ0) is 15.4. The molecule has 0 amide bonds. The first kappa shape index (κ1) is 14.1. The molecule has 0 aliphatic carbocycles. The van der Waals surface area contributed by atoms with Gasteiger partial charge in [0.1, 0.15) is 5.82 Å². The summed E-state index contributed by atoms with van der Waals surface area (Å²) in [6.45, 7) is 3.78. The second-order valence-corrected chi connectivity index (χ2v) is 4.94. The molecular formula is C20H16FN. The molecule has 0 saturated heterocycles. The minimum Gasteiger partial charge on any atom is -0.311 e. The molecule has 0 unspecified atom stereocenters. The van der Waals surface area contributed by atoms with Gasteiger partial charge in [0.15, 0.2) is 0 Å². The smallest absolute Gasteiger partial charge is 0.123 e. The van der Waals surface area contributed by atoms with E-state index < -0.39 is 0 Å². The Morgan fingerprint density at radius 1 is 0.682 bits per heavy atom. The number of benzene rings is 3. The Kier molecular flexibility index (Phi) is 4.01. The molecule has 3 aromatic carbocycles. The fourth-order valence-electron chi connectivity index (χ4n) is 2.37. The number of rotatable bonds is 4. The Balaban J connectivity index is 2.09. The Labute approximate surface area is 130 Å². The van der Waals surface area contributed by atoms with Gasteiger partial charge in [-0.05, 0) is 54.1 Å². The molecule has 0 radical (unpaired) electrons.